The van der Waals surface area contributed by atoms with Crippen molar-refractivity contribution in [3.8, 4) is 11.5 Å². The first-order chi connectivity index (χ1) is 7.81. The molecule has 0 saturated carbocycles. The first-order valence-corrected chi connectivity index (χ1v) is 5.61. The Morgan fingerprint density at radius 3 is 2.81 bits per heavy atom. The molecule has 0 aromatic heterocycles. The number of aromatic hydroxyl groups is 1. The number of benzene rings is 2. The lowest BCUT2D eigenvalue weighted by Gasteiger charge is -2.10. The monoisotopic (exact) mass is 214 g/mol. The first-order valence-electron chi connectivity index (χ1n) is 5.61. The van der Waals surface area contributed by atoms with Gasteiger partial charge in [-0.15, -0.1) is 0 Å². The maximum atomic E-state index is 10.00. The molecule has 0 spiro atoms. The highest BCUT2D eigenvalue weighted by Gasteiger charge is 2.17. The molecule has 1 aliphatic rings. The maximum absolute atomic E-state index is 10.00. The van der Waals surface area contributed by atoms with Gasteiger partial charge in [-0.25, -0.2) is 0 Å². The smallest absolute Gasteiger partial charge is 0.126 e. The molecule has 0 radical (unpaired) electrons. The van der Waals surface area contributed by atoms with Crippen molar-refractivity contribution in [3.05, 3.63) is 35.4 Å². The summed E-state index contributed by atoms with van der Waals surface area (Å²) in [6, 6.07) is 7.75. The maximum Gasteiger partial charge on any atom is 0.126 e. The standard InChI is InChI=1S/C14H14O2/c1-16-13-8-7-12(15)14-10-4-2-3-9(10)5-6-11(13)14/h5-8,15H,2-4H2,1H3. The average Bonchev–Trinajstić information content (AvgIpc) is 2.77. The van der Waals surface area contributed by atoms with Crippen molar-refractivity contribution in [2.24, 2.45) is 0 Å². The third kappa shape index (κ3) is 1.19. The van der Waals surface area contributed by atoms with E-state index in [1.54, 1.807) is 13.2 Å². The van der Waals surface area contributed by atoms with Crippen LogP contribution in [0.2, 0.25) is 0 Å². The molecule has 3 rings (SSSR count). The van der Waals surface area contributed by atoms with E-state index in [1.807, 2.05) is 6.07 Å². The predicted molar refractivity (Wildman–Crippen MR) is 64.2 cm³/mol. The number of phenolic OH excluding ortho intramolecular Hbond substituents is 1. The van der Waals surface area contributed by atoms with Crippen LogP contribution in [0.4, 0.5) is 0 Å². The van der Waals surface area contributed by atoms with E-state index in [1.165, 1.54) is 17.5 Å². The topological polar surface area (TPSA) is 29.5 Å². The van der Waals surface area contributed by atoms with E-state index in [4.69, 9.17) is 4.74 Å². The normalized spacial score (nSPS) is 14.1. The number of aryl methyl sites for hydroxylation is 2. The Balaban J connectivity index is 2.43. The zero-order valence-corrected chi connectivity index (χ0v) is 9.29. The van der Waals surface area contributed by atoms with Gasteiger partial charge in [0.25, 0.3) is 0 Å². The molecule has 0 unspecified atom stereocenters. The van der Waals surface area contributed by atoms with Crippen molar-refractivity contribution < 1.29 is 9.84 Å². The van der Waals surface area contributed by atoms with Crippen LogP contribution in [0, 0.1) is 0 Å². The lowest BCUT2D eigenvalue weighted by Crippen LogP contribution is -1.90. The van der Waals surface area contributed by atoms with Crippen molar-refractivity contribution >= 4 is 10.8 Å². The molecule has 0 aliphatic heterocycles. The van der Waals surface area contributed by atoms with E-state index in [2.05, 4.69) is 12.1 Å². The van der Waals surface area contributed by atoms with Crippen LogP contribution in [-0.4, -0.2) is 12.2 Å². The van der Waals surface area contributed by atoms with Gasteiger partial charge in [-0.2, -0.15) is 0 Å². The highest BCUT2D eigenvalue weighted by Crippen LogP contribution is 2.39. The molecule has 0 saturated heterocycles. The van der Waals surface area contributed by atoms with Crippen molar-refractivity contribution in [1.82, 2.24) is 0 Å². The lowest BCUT2D eigenvalue weighted by atomic mass is 9.99. The van der Waals surface area contributed by atoms with Crippen LogP contribution >= 0.6 is 0 Å². The minimum atomic E-state index is 0.370. The number of fused-ring (bicyclic) bond motifs is 3. The van der Waals surface area contributed by atoms with Gasteiger partial charge in [-0.3, -0.25) is 0 Å². The second-order valence-electron chi connectivity index (χ2n) is 4.27. The van der Waals surface area contributed by atoms with Gasteiger partial charge < -0.3 is 9.84 Å². The summed E-state index contributed by atoms with van der Waals surface area (Å²) in [5.41, 5.74) is 2.67. The molecule has 2 nitrogen and oxygen atoms in total. The fourth-order valence-corrected chi connectivity index (χ4v) is 2.67. The molecule has 2 aromatic carbocycles. The van der Waals surface area contributed by atoms with Crippen molar-refractivity contribution in [3.63, 3.8) is 0 Å². The molecular formula is C14H14O2. The average molecular weight is 214 g/mol. The van der Waals surface area contributed by atoms with Gasteiger partial charge in [0.1, 0.15) is 11.5 Å². The molecule has 0 fully saturated rings. The molecule has 0 bridgehead atoms. The van der Waals surface area contributed by atoms with Gasteiger partial charge >= 0.3 is 0 Å². The van der Waals surface area contributed by atoms with E-state index in [0.29, 0.717) is 5.75 Å². The first kappa shape index (κ1) is 9.52. The minimum absolute atomic E-state index is 0.370. The van der Waals surface area contributed by atoms with Gasteiger partial charge in [0, 0.05) is 10.8 Å². The second kappa shape index (κ2) is 3.41. The zero-order chi connectivity index (χ0) is 11.1. The third-order valence-electron chi connectivity index (χ3n) is 3.42. The van der Waals surface area contributed by atoms with Gasteiger partial charge in [0.05, 0.1) is 7.11 Å². The Bertz CT molecular complexity index is 558. The fourth-order valence-electron chi connectivity index (χ4n) is 2.67. The molecule has 0 atom stereocenters. The van der Waals surface area contributed by atoms with Crippen LogP contribution in [0.1, 0.15) is 17.5 Å². The third-order valence-corrected chi connectivity index (χ3v) is 3.42. The quantitative estimate of drug-likeness (QED) is 0.790. The van der Waals surface area contributed by atoms with Crippen LogP contribution in [0.15, 0.2) is 24.3 Å². The van der Waals surface area contributed by atoms with Crippen LogP contribution in [0.5, 0.6) is 11.5 Å². The number of hydrogen-bond acceptors (Lipinski definition) is 2. The van der Waals surface area contributed by atoms with E-state index < -0.39 is 0 Å². The van der Waals surface area contributed by atoms with Gasteiger partial charge in [0.15, 0.2) is 0 Å². The molecule has 1 N–H and O–H groups in total. The lowest BCUT2D eigenvalue weighted by molar-refractivity contribution is 0.418. The van der Waals surface area contributed by atoms with E-state index in [0.717, 1.165) is 29.4 Å². The largest absolute Gasteiger partial charge is 0.507 e. The predicted octanol–water partition coefficient (Wildman–Crippen LogP) is 3.04. The molecule has 0 heterocycles. The number of hydrogen-bond donors (Lipinski definition) is 1. The Kier molecular flexibility index (Phi) is 2.03. The summed E-state index contributed by atoms with van der Waals surface area (Å²) in [6.07, 6.45) is 3.38. The van der Waals surface area contributed by atoms with Crippen LogP contribution < -0.4 is 4.74 Å². The molecule has 16 heavy (non-hydrogen) atoms. The van der Waals surface area contributed by atoms with Crippen LogP contribution in [0.25, 0.3) is 10.8 Å². The Morgan fingerprint density at radius 2 is 2.00 bits per heavy atom. The van der Waals surface area contributed by atoms with Crippen molar-refractivity contribution in [2.75, 3.05) is 7.11 Å². The molecule has 82 valence electrons. The van der Waals surface area contributed by atoms with E-state index >= 15 is 0 Å². The highest BCUT2D eigenvalue weighted by molar-refractivity contribution is 5.96. The summed E-state index contributed by atoms with van der Waals surface area (Å²) in [6.45, 7) is 0. The van der Waals surface area contributed by atoms with Gasteiger partial charge in [-0.1, -0.05) is 12.1 Å². The SMILES string of the molecule is COc1ccc(O)c2c3c(ccc12)CCC3. The fraction of sp³-hybridized carbons (Fsp3) is 0.286. The molecular weight excluding hydrogens is 200 g/mol. The summed E-state index contributed by atoms with van der Waals surface area (Å²) in [5, 5.41) is 12.0. The molecule has 2 heteroatoms. The summed E-state index contributed by atoms with van der Waals surface area (Å²) in [4.78, 5) is 0. The number of ether oxygens (including phenoxy) is 1. The summed E-state index contributed by atoms with van der Waals surface area (Å²) < 4.78 is 5.33. The second-order valence-corrected chi connectivity index (χ2v) is 4.27. The highest BCUT2D eigenvalue weighted by atomic mass is 16.5. The summed E-state index contributed by atoms with van der Waals surface area (Å²) in [7, 11) is 1.67. The molecule has 0 amide bonds. The Morgan fingerprint density at radius 1 is 1.12 bits per heavy atom. The Labute approximate surface area is 94.5 Å². The van der Waals surface area contributed by atoms with Gasteiger partial charge in [-0.05, 0) is 42.5 Å². The van der Waals surface area contributed by atoms with Gasteiger partial charge in [0.2, 0.25) is 0 Å². The van der Waals surface area contributed by atoms with Crippen LogP contribution in [0.3, 0.4) is 0 Å². The molecule has 1 aliphatic carbocycles. The van der Waals surface area contributed by atoms with Crippen LogP contribution in [-0.2, 0) is 12.8 Å². The minimum Gasteiger partial charge on any atom is -0.507 e. The Hall–Kier alpha value is -1.70. The number of rotatable bonds is 1. The van der Waals surface area contributed by atoms with Crippen molar-refractivity contribution in [2.45, 2.75) is 19.3 Å². The number of phenols is 1. The number of methoxy groups -OCH3 is 1. The van der Waals surface area contributed by atoms with Crippen molar-refractivity contribution in [1.29, 1.82) is 0 Å². The zero-order valence-electron chi connectivity index (χ0n) is 9.29. The van der Waals surface area contributed by atoms with E-state index in [9.17, 15) is 5.11 Å². The summed E-state index contributed by atoms with van der Waals surface area (Å²) >= 11 is 0. The summed E-state index contributed by atoms with van der Waals surface area (Å²) in [5.74, 6) is 1.21. The van der Waals surface area contributed by atoms with E-state index in [-0.39, 0.29) is 0 Å². The molecule has 2 aromatic rings.